The minimum atomic E-state index is -1.92. The predicted molar refractivity (Wildman–Crippen MR) is 110 cm³/mol. The van der Waals surface area contributed by atoms with Crippen molar-refractivity contribution in [1.29, 1.82) is 0 Å². The minimum absolute atomic E-state index is 0.00137. The van der Waals surface area contributed by atoms with Crippen LogP contribution in [-0.2, 0) is 9.22 Å². The van der Waals surface area contributed by atoms with Crippen LogP contribution in [0.5, 0.6) is 0 Å². The molecule has 0 radical (unpaired) electrons. The van der Waals surface area contributed by atoms with Gasteiger partial charge in [0.2, 0.25) is 0 Å². The van der Waals surface area contributed by atoms with E-state index < -0.39 is 14.4 Å². The third-order valence-electron chi connectivity index (χ3n) is 6.15. The van der Waals surface area contributed by atoms with E-state index in [1.807, 2.05) is 0 Å². The van der Waals surface area contributed by atoms with E-state index in [2.05, 4.69) is 46.0 Å². The molecule has 4 atom stereocenters. The Hall–Kier alpha value is -0.493. The number of aliphatic hydroxyl groups excluding tert-OH is 2. The molecule has 0 heterocycles. The van der Waals surface area contributed by atoms with Crippen molar-refractivity contribution >= 4 is 14.6 Å². The summed E-state index contributed by atoms with van der Waals surface area (Å²) < 4.78 is 6.62. The normalized spacial score (nSPS) is 27.3. The van der Waals surface area contributed by atoms with Gasteiger partial charge in [-0.05, 0) is 43.8 Å². The van der Waals surface area contributed by atoms with Gasteiger partial charge >= 0.3 is 0 Å². The van der Waals surface area contributed by atoms with E-state index in [1.54, 1.807) is 0 Å². The summed E-state index contributed by atoms with van der Waals surface area (Å²) in [5, 5.41) is 19.4. The molecule has 0 spiro atoms. The van der Waals surface area contributed by atoms with Gasteiger partial charge in [-0.25, -0.2) is 0 Å². The highest BCUT2D eigenvalue weighted by Gasteiger charge is 2.46. The van der Waals surface area contributed by atoms with E-state index in [-0.39, 0.29) is 29.6 Å². The molecule has 0 aliphatic heterocycles. The molecule has 5 heteroatoms. The van der Waals surface area contributed by atoms with Crippen LogP contribution in [0.25, 0.3) is 0 Å². The Balaban J connectivity index is 2.73. The van der Waals surface area contributed by atoms with Gasteiger partial charge < -0.3 is 19.4 Å². The average Bonchev–Trinajstić information content (AvgIpc) is 2.81. The van der Waals surface area contributed by atoms with Crippen LogP contribution in [-0.4, -0.2) is 43.6 Å². The van der Waals surface area contributed by atoms with Gasteiger partial charge in [0.05, 0.1) is 12.2 Å². The van der Waals surface area contributed by atoms with Crippen molar-refractivity contribution in [2.24, 2.45) is 11.8 Å². The Morgan fingerprint density at radius 1 is 1.15 bits per heavy atom. The molecule has 4 nitrogen and oxygen atoms in total. The first-order valence-corrected chi connectivity index (χ1v) is 13.1. The van der Waals surface area contributed by atoms with Crippen LogP contribution in [0.1, 0.15) is 65.7 Å². The fraction of sp³-hybridized carbons (Fsp3) is 0.857. The third kappa shape index (κ3) is 6.91. The molecule has 0 unspecified atom stereocenters. The highest BCUT2D eigenvalue weighted by molar-refractivity contribution is 6.74. The number of hydrogen-bond donors (Lipinski definition) is 2. The summed E-state index contributed by atoms with van der Waals surface area (Å²) in [6, 6.07) is 0. The van der Waals surface area contributed by atoms with Gasteiger partial charge in [0.25, 0.3) is 0 Å². The molecule has 0 aromatic carbocycles. The Morgan fingerprint density at radius 3 is 2.38 bits per heavy atom. The maximum absolute atomic E-state index is 11.1. The maximum Gasteiger partial charge on any atom is 0.192 e. The van der Waals surface area contributed by atoms with Crippen LogP contribution in [0.2, 0.25) is 18.1 Å². The molecule has 1 saturated carbocycles. The van der Waals surface area contributed by atoms with Crippen LogP contribution in [0.4, 0.5) is 0 Å². The molecule has 1 fully saturated rings. The molecule has 0 bridgehead atoms. The van der Waals surface area contributed by atoms with Gasteiger partial charge in [-0.1, -0.05) is 45.8 Å². The lowest BCUT2D eigenvalue weighted by Gasteiger charge is -2.39. The second kappa shape index (κ2) is 10.7. The van der Waals surface area contributed by atoms with Crippen molar-refractivity contribution < 1.29 is 19.4 Å². The lowest BCUT2D eigenvalue weighted by molar-refractivity contribution is -0.109. The number of hydrogen-bond acceptors (Lipinski definition) is 4. The van der Waals surface area contributed by atoms with Gasteiger partial charge in [-0.2, -0.15) is 0 Å². The number of allylic oxidation sites excluding steroid dienone is 1. The lowest BCUT2D eigenvalue weighted by atomic mass is 9.90. The van der Waals surface area contributed by atoms with Gasteiger partial charge in [-0.3, -0.25) is 0 Å². The van der Waals surface area contributed by atoms with E-state index in [4.69, 9.17) is 9.53 Å². The predicted octanol–water partition coefficient (Wildman–Crippen LogP) is 4.46. The van der Waals surface area contributed by atoms with Crippen molar-refractivity contribution in [3.63, 3.8) is 0 Å². The third-order valence-corrected chi connectivity index (χ3v) is 10.7. The molecule has 1 aliphatic rings. The largest absolute Gasteiger partial charge is 0.413 e. The fourth-order valence-corrected chi connectivity index (χ4v) is 4.82. The molecule has 26 heavy (non-hydrogen) atoms. The highest BCUT2D eigenvalue weighted by atomic mass is 28.4. The Labute approximate surface area is 161 Å². The van der Waals surface area contributed by atoms with E-state index in [0.29, 0.717) is 12.8 Å². The van der Waals surface area contributed by atoms with Crippen LogP contribution in [0, 0.1) is 11.8 Å². The zero-order chi connectivity index (χ0) is 19.8. The second-order valence-electron chi connectivity index (χ2n) is 9.22. The SMILES string of the molecule is CC(C)(C)[Si](C)(C)O[C@@H]1C[C@H](O)[C@H](CC=O)[C@H]1C=CCCCCCCO. The molecule has 0 aromatic heterocycles. The maximum atomic E-state index is 11.1. The van der Waals surface area contributed by atoms with Crippen LogP contribution < -0.4 is 0 Å². The van der Waals surface area contributed by atoms with Gasteiger partial charge in [0, 0.05) is 24.9 Å². The first-order chi connectivity index (χ1) is 12.1. The lowest BCUT2D eigenvalue weighted by Crippen LogP contribution is -2.45. The molecular formula is C21H40O4Si. The number of rotatable bonds is 11. The van der Waals surface area contributed by atoms with Crippen molar-refractivity contribution in [2.45, 2.75) is 96.1 Å². The zero-order valence-electron chi connectivity index (χ0n) is 17.4. The zero-order valence-corrected chi connectivity index (χ0v) is 18.4. The van der Waals surface area contributed by atoms with Gasteiger partial charge in [0.15, 0.2) is 8.32 Å². The van der Waals surface area contributed by atoms with Crippen LogP contribution in [0.3, 0.4) is 0 Å². The first kappa shape index (κ1) is 23.5. The first-order valence-electron chi connectivity index (χ1n) is 10.2. The van der Waals surface area contributed by atoms with Gasteiger partial charge in [-0.15, -0.1) is 0 Å². The average molecular weight is 385 g/mol. The number of unbranched alkanes of at least 4 members (excludes halogenated alkanes) is 4. The van der Waals surface area contributed by atoms with Gasteiger partial charge in [0.1, 0.15) is 6.29 Å². The second-order valence-corrected chi connectivity index (χ2v) is 14.0. The van der Waals surface area contributed by atoms with Crippen molar-refractivity contribution in [3.05, 3.63) is 12.2 Å². The van der Waals surface area contributed by atoms with E-state index in [1.165, 1.54) is 0 Å². The summed E-state index contributed by atoms with van der Waals surface area (Å²) in [5.41, 5.74) is 0. The van der Waals surface area contributed by atoms with Crippen molar-refractivity contribution in [1.82, 2.24) is 0 Å². The van der Waals surface area contributed by atoms with E-state index in [9.17, 15) is 9.90 Å². The van der Waals surface area contributed by atoms with Crippen molar-refractivity contribution in [3.8, 4) is 0 Å². The summed E-state index contributed by atoms with van der Waals surface area (Å²) in [4.78, 5) is 11.1. The molecule has 1 rings (SSSR count). The summed E-state index contributed by atoms with van der Waals surface area (Å²) >= 11 is 0. The number of carbonyl (C=O) groups excluding carboxylic acids is 1. The minimum Gasteiger partial charge on any atom is -0.413 e. The number of aldehydes is 1. The summed E-state index contributed by atoms with van der Waals surface area (Å²) in [6.07, 6.45) is 11.0. The molecule has 0 saturated heterocycles. The molecule has 0 amide bonds. The van der Waals surface area contributed by atoms with Crippen LogP contribution >= 0.6 is 0 Å². The molecule has 0 aromatic rings. The van der Waals surface area contributed by atoms with Crippen molar-refractivity contribution in [2.75, 3.05) is 6.61 Å². The van der Waals surface area contributed by atoms with E-state index >= 15 is 0 Å². The smallest absolute Gasteiger partial charge is 0.192 e. The standard InChI is InChI=1S/C21H40O4Si/c1-21(2,3)26(4,5)25-20-16-19(24)17(13-15-23)18(20)12-10-8-6-7-9-11-14-22/h10,12,15,17-20,22,24H,6-9,11,13-14,16H2,1-5H3/t17-,18-,19+,20-/m1/s1. The highest BCUT2D eigenvalue weighted by Crippen LogP contribution is 2.43. The Kier molecular flexibility index (Phi) is 9.73. The summed E-state index contributed by atoms with van der Waals surface area (Å²) in [6.45, 7) is 11.4. The number of aliphatic hydroxyl groups is 2. The summed E-state index contributed by atoms with van der Waals surface area (Å²) in [7, 11) is -1.92. The molecule has 1 aliphatic carbocycles. The van der Waals surface area contributed by atoms with Crippen LogP contribution in [0.15, 0.2) is 12.2 Å². The molecule has 152 valence electrons. The monoisotopic (exact) mass is 384 g/mol. The molecule has 2 N–H and O–H groups in total. The topological polar surface area (TPSA) is 66.8 Å². The Morgan fingerprint density at radius 2 is 1.81 bits per heavy atom. The Bertz CT molecular complexity index is 442. The summed E-state index contributed by atoms with van der Waals surface area (Å²) in [5.74, 6) is 0.0784. The van der Waals surface area contributed by atoms with E-state index in [0.717, 1.165) is 38.4 Å². The fourth-order valence-electron chi connectivity index (χ4n) is 3.46. The number of carbonyl (C=O) groups is 1. The quantitative estimate of drug-likeness (QED) is 0.239. The molecular weight excluding hydrogens is 344 g/mol.